The number of nitrogens with zero attached hydrogens (tertiary/aromatic N) is 2. The Bertz CT molecular complexity index is 667. The number of ether oxygens (including phenoxy) is 2. The standard InChI is InChI=1S/C14H16ClN3O2/c1-3-18-8(2)17-12(14(18)16)9-6-10(15)13-11(7-9)19-4-5-20-13/h6-7H,3-5,16H2,1-2H3. The number of anilines is 1. The fraction of sp³-hybridized carbons (Fsp3) is 0.357. The van der Waals surface area contributed by atoms with Gasteiger partial charge in [0.15, 0.2) is 11.5 Å². The zero-order chi connectivity index (χ0) is 14.3. The molecule has 6 heteroatoms. The van der Waals surface area contributed by atoms with Crippen LogP contribution >= 0.6 is 11.6 Å². The number of aryl methyl sites for hydroxylation is 1. The lowest BCUT2D eigenvalue weighted by molar-refractivity contribution is 0.172. The normalized spacial score (nSPS) is 13.6. The summed E-state index contributed by atoms with van der Waals surface area (Å²) in [5.74, 6) is 2.75. The van der Waals surface area contributed by atoms with E-state index in [1.165, 1.54) is 0 Å². The molecule has 1 aromatic heterocycles. The van der Waals surface area contributed by atoms with Crippen LogP contribution in [-0.2, 0) is 6.54 Å². The fourth-order valence-electron chi connectivity index (χ4n) is 2.44. The van der Waals surface area contributed by atoms with Crippen LogP contribution in [0.1, 0.15) is 12.7 Å². The van der Waals surface area contributed by atoms with E-state index in [1.54, 1.807) is 0 Å². The molecule has 1 aromatic carbocycles. The number of fused-ring (bicyclic) bond motifs is 1. The third kappa shape index (κ3) is 1.98. The zero-order valence-electron chi connectivity index (χ0n) is 11.4. The molecule has 2 heterocycles. The molecule has 0 fully saturated rings. The second kappa shape index (κ2) is 4.90. The zero-order valence-corrected chi connectivity index (χ0v) is 12.2. The molecule has 20 heavy (non-hydrogen) atoms. The first-order valence-corrected chi connectivity index (χ1v) is 6.91. The molecule has 0 spiro atoms. The van der Waals surface area contributed by atoms with E-state index in [4.69, 9.17) is 26.8 Å². The van der Waals surface area contributed by atoms with Crippen molar-refractivity contribution in [3.05, 3.63) is 23.0 Å². The number of hydrogen-bond donors (Lipinski definition) is 1. The van der Waals surface area contributed by atoms with Gasteiger partial charge in [-0.1, -0.05) is 11.6 Å². The molecule has 1 aliphatic heterocycles. The van der Waals surface area contributed by atoms with Gasteiger partial charge in [0, 0.05) is 12.1 Å². The Kier molecular flexibility index (Phi) is 3.22. The lowest BCUT2D eigenvalue weighted by Gasteiger charge is -2.20. The van der Waals surface area contributed by atoms with Crippen LogP contribution in [0.4, 0.5) is 5.82 Å². The molecule has 106 valence electrons. The predicted molar refractivity (Wildman–Crippen MR) is 78.5 cm³/mol. The maximum absolute atomic E-state index is 6.25. The molecule has 2 aromatic rings. The molecule has 0 unspecified atom stereocenters. The molecule has 0 saturated carbocycles. The molecule has 0 atom stereocenters. The Labute approximate surface area is 122 Å². The summed E-state index contributed by atoms with van der Waals surface area (Å²) in [6.07, 6.45) is 0. The number of nitrogens with two attached hydrogens (primary N) is 1. The Morgan fingerprint density at radius 3 is 2.80 bits per heavy atom. The van der Waals surface area contributed by atoms with Crippen LogP contribution in [0.25, 0.3) is 11.3 Å². The van der Waals surface area contributed by atoms with E-state index in [-0.39, 0.29) is 0 Å². The summed E-state index contributed by atoms with van der Waals surface area (Å²) in [4.78, 5) is 4.52. The number of benzene rings is 1. The van der Waals surface area contributed by atoms with Crippen molar-refractivity contribution in [2.45, 2.75) is 20.4 Å². The third-order valence-corrected chi connectivity index (χ3v) is 3.66. The van der Waals surface area contributed by atoms with E-state index in [0.717, 1.165) is 23.6 Å². The van der Waals surface area contributed by atoms with E-state index < -0.39 is 0 Å². The fourth-order valence-corrected chi connectivity index (χ4v) is 2.71. The van der Waals surface area contributed by atoms with E-state index in [0.29, 0.717) is 35.6 Å². The highest BCUT2D eigenvalue weighted by molar-refractivity contribution is 6.32. The van der Waals surface area contributed by atoms with Crippen molar-refractivity contribution in [2.75, 3.05) is 18.9 Å². The quantitative estimate of drug-likeness (QED) is 0.925. The summed E-state index contributed by atoms with van der Waals surface area (Å²) in [5.41, 5.74) is 7.72. The minimum absolute atomic E-state index is 0.512. The maximum atomic E-state index is 6.25. The number of nitrogen functional groups attached to an aromatic ring is 1. The van der Waals surface area contributed by atoms with Crippen LogP contribution in [-0.4, -0.2) is 22.8 Å². The van der Waals surface area contributed by atoms with Gasteiger partial charge >= 0.3 is 0 Å². The van der Waals surface area contributed by atoms with Gasteiger partial charge in [-0.25, -0.2) is 4.98 Å². The van der Waals surface area contributed by atoms with E-state index in [2.05, 4.69) is 4.98 Å². The van der Waals surface area contributed by atoms with Crippen molar-refractivity contribution in [1.29, 1.82) is 0 Å². The van der Waals surface area contributed by atoms with Gasteiger partial charge in [0.1, 0.15) is 30.5 Å². The molecule has 2 N–H and O–H groups in total. The number of rotatable bonds is 2. The lowest BCUT2D eigenvalue weighted by Crippen LogP contribution is -2.15. The van der Waals surface area contributed by atoms with Crippen LogP contribution in [0, 0.1) is 6.92 Å². The Hall–Kier alpha value is -1.88. The highest BCUT2D eigenvalue weighted by atomic mass is 35.5. The van der Waals surface area contributed by atoms with Crippen molar-refractivity contribution < 1.29 is 9.47 Å². The van der Waals surface area contributed by atoms with Crippen LogP contribution < -0.4 is 15.2 Å². The molecule has 3 rings (SSSR count). The molecule has 1 aliphatic rings. The van der Waals surface area contributed by atoms with Gasteiger partial charge in [-0.05, 0) is 26.0 Å². The molecule has 0 aliphatic carbocycles. The first-order chi connectivity index (χ1) is 9.61. The highest BCUT2D eigenvalue weighted by Gasteiger charge is 2.20. The smallest absolute Gasteiger partial charge is 0.179 e. The number of hydrogen-bond acceptors (Lipinski definition) is 4. The van der Waals surface area contributed by atoms with Gasteiger partial charge in [0.25, 0.3) is 0 Å². The minimum atomic E-state index is 0.512. The van der Waals surface area contributed by atoms with Crippen molar-refractivity contribution in [3.8, 4) is 22.8 Å². The van der Waals surface area contributed by atoms with Crippen molar-refractivity contribution in [2.24, 2.45) is 0 Å². The molecule has 0 amide bonds. The molecule has 0 radical (unpaired) electrons. The molecule has 0 saturated heterocycles. The summed E-state index contributed by atoms with van der Waals surface area (Å²) in [6.45, 7) is 5.78. The Balaban J connectivity index is 2.13. The molecular weight excluding hydrogens is 278 g/mol. The van der Waals surface area contributed by atoms with Gasteiger partial charge in [0.05, 0.1) is 5.02 Å². The van der Waals surface area contributed by atoms with Gasteiger partial charge in [-0.3, -0.25) is 0 Å². The van der Waals surface area contributed by atoms with Crippen LogP contribution in [0.15, 0.2) is 12.1 Å². The Morgan fingerprint density at radius 1 is 1.35 bits per heavy atom. The first kappa shape index (κ1) is 13.1. The summed E-state index contributed by atoms with van der Waals surface area (Å²) in [7, 11) is 0. The molecule has 5 nitrogen and oxygen atoms in total. The largest absolute Gasteiger partial charge is 0.486 e. The van der Waals surface area contributed by atoms with Crippen molar-refractivity contribution >= 4 is 17.4 Å². The van der Waals surface area contributed by atoms with Crippen molar-refractivity contribution in [3.63, 3.8) is 0 Å². The van der Waals surface area contributed by atoms with Gasteiger partial charge in [-0.15, -0.1) is 0 Å². The second-order valence-corrected chi connectivity index (χ2v) is 5.03. The average molecular weight is 294 g/mol. The number of aromatic nitrogens is 2. The summed E-state index contributed by atoms with van der Waals surface area (Å²) in [5, 5.41) is 0.514. The summed E-state index contributed by atoms with van der Waals surface area (Å²) < 4.78 is 13.1. The van der Waals surface area contributed by atoms with Gasteiger partial charge in [-0.2, -0.15) is 0 Å². The summed E-state index contributed by atoms with van der Waals surface area (Å²) >= 11 is 6.25. The lowest BCUT2D eigenvalue weighted by atomic mass is 10.1. The number of imidazole rings is 1. The Morgan fingerprint density at radius 2 is 2.10 bits per heavy atom. The average Bonchev–Trinajstić information content (AvgIpc) is 2.73. The highest BCUT2D eigenvalue weighted by Crippen LogP contribution is 2.41. The minimum Gasteiger partial charge on any atom is -0.486 e. The first-order valence-electron chi connectivity index (χ1n) is 6.54. The second-order valence-electron chi connectivity index (χ2n) is 4.62. The maximum Gasteiger partial charge on any atom is 0.179 e. The van der Waals surface area contributed by atoms with E-state index in [1.807, 2.05) is 30.5 Å². The van der Waals surface area contributed by atoms with Gasteiger partial charge < -0.3 is 19.8 Å². The van der Waals surface area contributed by atoms with E-state index >= 15 is 0 Å². The SMILES string of the molecule is CCn1c(C)nc(-c2cc(Cl)c3c(c2)OCCO3)c1N. The monoisotopic (exact) mass is 293 g/mol. The van der Waals surface area contributed by atoms with Crippen LogP contribution in [0.3, 0.4) is 0 Å². The predicted octanol–water partition coefficient (Wildman–Crippen LogP) is 2.89. The van der Waals surface area contributed by atoms with Crippen LogP contribution in [0.2, 0.25) is 5.02 Å². The number of halogens is 1. The van der Waals surface area contributed by atoms with E-state index in [9.17, 15) is 0 Å². The topological polar surface area (TPSA) is 62.3 Å². The molecule has 0 bridgehead atoms. The third-order valence-electron chi connectivity index (χ3n) is 3.38. The van der Waals surface area contributed by atoms with Crippen molar-refractivity contribution in [1.82, 2.24) is 9.55 Å². The summed E-state index contributed by atoms with van der Waals surface area (Å²) in [6, 6.07) is 3.69. The molecular formula is C14H16ClN3O2. The van der Waals surface area contributed by atoms with Crippen LogP contribution in [0.5, 0.6) is 11.5 Å². The van der Waals surface area contributed by atoms with Gasteiger partial charge in [0.2, 0.25) is 0 Å².